The van der Waals surface area contributed by atoms with Crippen molar-refractivity contribution in [2.45, 2.75) is 19.3 Å². The molecule has 0 aliphatic heterocycles. The van der Waals surface area contributed by atoms with Crippen molar-refractivity contribution in [3.63, 3.8) is 0 Å². The van der Waals surface area contributed by atoms with Crippen LogP contribution in [0.4, 0.5) is 0 Å². The summed E-state index contributed by atoms with van der Waals surface area (Å²) in [5.74, 6) is 4.18. The van der Waals surface area contributed by atoms with Crippen LogP contribution in [-0.4, -0.2) is 27.3 Å². The number of nitrogens with one attached hydrogen (secondary N) is 1. The topological polar surface area (TPSA) is 30.5 Å². The molecule has 0 aliphatic rings. The lowest BCUT2D eigenvalue weighted by atomic mass is 10.1. The van der Waals surface area contributed by atoms with Crippen LogP contribution in [-0.2, 0) is 6.42 Å². The summed E-state index contributed by atoms with van der Waals surface area (Å²) in [6.45, 7) is 1.91. The average molecular weight is 247 g/mol. The zero-order valence-electron chi connectivity index (χ0n) is 11.2. The molecule has 0 aromatic heterocycles. The molecule has 0 bridgehead atoms. The van der Waals surface area contributed by atoms with Crippen molar-refractivity contribution in [3.8, 4) is 23.8 Å². The van der Waals surface area contributed by atoms with Crippen LogP contribution in [0.1, 0.15) is 18.4 Å². The summed E-state index contributed by atoms with van der Waals surface area (Å²) in [7, 11) is 3.30. The van der Waals surface area contributed by atoms with Crippen molar-refractivity contribution < 1.29 is 9.47 Å². The average Bonchev–Trinajstić information content (AvgIpc) is 2.42. The van der Waals surface area contributed by atoms with Crippen LogP contribution in [0.3, 0.4) is 0 Å². The molecule has 0 atom stereocenters. The molecule has 0 aliphatic carbocycles. The number of hydrogen-bond acceptors (Lipinski definition) is 3. The van der Waals surface area contributed by atoms with Gasteiger partial charge in [-0.1, -0.05) is 6.07 Å². The Labute approximate surface area is 109 Å². The van der Waals surface area contributed by atoms with Crippen LogP contribution in [0.5, 0.6) is 11.5 Å². The van der Waals surface area contributed by atoms with E-state index in [0.717, 1.165) is 43.9 Å². The van der Waals surface area contributed by atoms with Gasteiger partial charge >= 0.3 is 0 Å². The fourth-order valence-electron chi connectivity index (χ4n) is 1.71. The van der Waals surface area contributed by atoms with Gasteiger partial charge in [0.2, 0.25) is 0 Å². The van der Waals surface area contributed by atoms with Crippen molar-refractivity contribution in [2.24, 2.45) is 0 Å². The second kappa shape index (κ2) is 8.43. The lowest BCUT2D eigenvalue weighted by Gasteiger charge is -2.09. The van der Waals surface area contributed by atoms with Crippen molar-refractivity contribution in [1.29, 1.82) is 0 Å². The van der Waals surface area contributed by atoms with E-state index in [1.165, 1.54) is 5.56 Å². The first kappa shape index (κ1) is 14.4. The minimum Gasteiger partial charge on any atom is -0.493 e. The van der Waals surface area contributed by atoms with Crippen molar-refractivity contribution in [1.82, 2.24) is 5.32 Å². The first-order valence-electron chi connectivity index (χ1n) is 6.17. The molecule has 0 saturated heterocycles. The summed E-state index contributed by atoms with van der Waals surface area (Å²) in [4.78, 5) is 0. The van der Waals surface area contributed by atoms with Crippen molar-refractivity contribution in [2.75, 3.05) is 27.3 Å². The summed E-state index contributed by atoms with van der Waals surface area (Å²) < 4.78 is 10.5. The van der Waals surface area contributed by atoms with Crippen LogP contribution in [0.2, 0.25) is 0 Å². The van der Waals surface area contributed by atoms with Crippen LogP contribution >= 0.6 is 0 Å². The van der Waals surface area contributed by atoms with Gasteiger partial charge in [-0.2, -0.15) is 0 Å². The van der Waals surface area contributed by atoms with Crippen molar-refractivity contribution in [3.05, 3.63) is 23.8 Å². The molecule has 1 rings (SSSR count). The summed E-state index contributed by atoms with van der Waals surface area (Å²) in [6.07, 6.45) is 8.03. The second-order valence-electron chi connectivity index (χ2n) is 4.00. The van der Waals surface area contributed by atoms with E-state index in [1.54, 1.807) is 14.2 Å². The van der Waals surface area contributed by atoms with Gasteiger partial charge in [0.05, 0.1) is 14.2 Å². The minimum absolute atomic E-state index is 0.767. The maximum Gasteiger partial charge on any atom is 0.160 e. The Morgan fingerprint density at radius 3 is 2.61 bits per heavy atom. The van der Waals surface area contributed by atoms with Gasteiger partial charge in [0.1, 0.15) is 0 Å². The van der Waals surface area contributed by atoms with Crippen LogP contribution in [0.15, 0.2) is 18.2 Å². The molecule has 3 nitrogen and oxygen atoms in total. The minimum atomic E-state index is 0.767. The zero-order chi connectivity index (χ0) is 13.2. The summed E-state index contributed by atoms with van der Waals surface area (Å²) in [5, 5.41) is 3.37. The normalized spacial score (nSPS) is 9.83. The Balaban J connectivity index is 2.36. The second-order valence-corrected chi connectivity index (χ2v) is 4.00. The highest BCUT2D eigenvalue weighted by Crippen LogP contribution is 2.27. The van der Waals surface area contributed by atoms with E-state index in [9.17, 15) is 0 Å². The zero-order valence-corrected chi connectivity index (χ0v) is 11.2. The first-order valence-corrected chi connectivity index (χ1v) is 6.17. The smallest absolute Gasteiger partial charge is 0.160 e. The maximum atomic E-state index is 5.27. The van der Waals surface area contributed by atoms with E-state index >= 15 is 0 Å². The Morgan fingerprint density at radius 1 is 1.17 bits per heavy atom. The molecule has 0 unspecified atom stereocenters. The van der Waals surface area contributed by atoms with E-state index in [1.807, 2.05) is 12.1 Å². The van der Waals surface area contributed by atoms with Gasteiger partial charge in [-0.05, 0) is 43.6 Å². The Bertz CT molecular complexity index is 396. The molecule has 1 aromatic rings. The van der Waals surface area contributed by atoms with Crippen LogP contribution < -0.4 is 14.8 Å². The van der Waals surface area contributed by atoms with Gasteiger partial charge in [-0.15, -0.1) is 12.3 Å². The first-order chi connectivity index (χ1) is 8.81. The molecule has 3 heteroatoms. The SMILES string of the molecule is C#CCCCNCCc1ccc(OC)c(OC)c1. The number of ether oxygens (including phenoxy) is 2. The Hall–Kier alpha value is -1.66. The highest BCUT2D eigenvalue weighted by molar-refractivity contribution is 5.42. The molecule has 0 heterocycles. The van der Waals surface area contributed by atoms with E-state index in [0.29, 0.717) is 0 Å². The number of methoxy groups -OCH3 is 2. The number of rotatable bonds is 8. The largest absolute Gasteiger partial charge is 0.493 e. The monoisotopic (exact) mass is 247 g/mol. The highest BCUT2D eigenvalue weighted by atomic mass is 16.5. The lowest BCUT2D eigenvalue weighted by Crippen LogP contribution is -2.18. The van der Waals surface area contributed by atoms with Gasteiger partial charge in [0, 0.05) is 6.42 Å². The third-order valence-electron chi connectivity index (χ3n) is 2.71. The van der Waals surface area contributed by atoms with E-state index in [-0.39, 0.29) is 0 Å². The third kappa shape index (κ3) is 4.68. The number of benzene rings is 1. The predicted molar refractivity (Wildman–Crippen MR) is 74.2 cm³/mol. The van der Waals surface area contributed by atoms with E-state index in [2.05, 4.69) is 17.3 Å². The molecular formula is C15H21NO2. The van der Waals surface area contributed by atoms with Gasteiger partial charge < -0.3 is 14.8 Å². The standard InChI is InChI=1S/C15H21NO2/c1-4-5-6-10-16-11-9-13-7-8-14(17-2)15(12-13)18-3/h1,7-8,12,16H,5-6,9-11H2,2-3H3. The lowest BCUT2D eigenvalue weighted by molar-refractivity contribution is 0.354. The van der Waals surface area contributed by atoms with Gasteiger partial charge in [0.25, 0.3) is 0 Å². The summed E-state index contributed by atoms with van der Waals surface area (Å²) in [6, 6.07) is 6.01. The number of hydrogen-bond donors (Lipinski definition) is 1. The molecule has 0 spiro atoms. The van der Waals surface area contributed by atoms with E-state index < -0.39 is 0 Å². The number of terminal acetylenes is 1. The van der Waals surface area contributed by atoms with Gasteiger partial charge in [-0.3, -0.25) is 0 Å². The summed E-state index contributed by atoms with van der Waals surface area (Å²) >= 11 is 0. The molecule has 98 valence electrons. The predicted octanol–water partition coefficient (Wildman–Crippen LogP) is 2.25. The van der Waals surface area contributed by atoms with Crippen LogP contribution in [0.25, 0.3) is 0 Å². The number of unbranched alkanes of at least 4 members (excludes halogenated alkanes) is 1. The van der Waals surface area contributed by atoms with Crippen molar-refractivity contribution >= 4 is 0 Å². The molecule has 1 aromatic carbocycles. The molecule has 0 radical (unpaired) electrons. The van der Waals surface area contributed by atoms with Gasteiger partial charge in [-0.25, -0.2) is 0 Å². The Kier molecular flexibility index (Phi) is 6.75. The maximum absolute atomic E-state index is 5.27. The quantitative estimate of drug-likeness (QED) is 0.564. The molecular weight excluding hydrogens is 226 g/mol. The van der Waals surface area contributed by atoms with Crippen LogP contribution in [0, 0.1) is 12.3 Å². The van der Waals surface area contributed by atoms with Gasteiger partial charge in [0.15, 0.2) is 11.5 Å². The van der Waals surface area contributed by atoms with E-state index in [4.69, 9.17) is 15.9 Å². The molecule has 0 fully saturated rings. The third-order valence-corrected chi connectivity index (χ3v) is 2.71. The highest BCUT2D eigenvalue weighted by Gasteiger charge is 2.03. The molecule has 0 amide bonds. The molecule has 0 saturated carbocycles. The summed E-state index contributed by atoms with van der Waals surface area (Å²) in [5.41, 5.74) is 1.23. The molecule has 18 heavy (non-hydrogen) atoms. The fourth-order valence-corrected chi connectivity index (χ4v) is 1.71. The Morgan fingerprint density at radius 2 is 1.94 bits per heavy atom. The molecule has 1 N–H and O–H groups in total. The fraction of sp³-hybridized carbons (Fsp3) is 0.467.